The molecule has 0 unspecified atom stereocenters. The first-order valence-corrected chi connectivity index (χ1v) is 9.81. The van der Waals surface area contributed by atoms with Gasteiger partial charge in [-0.2, -0.15) is 0 Å². The van der Waals surface area contributed by atoms with Crippen LogP contribution in [-0.4, -0.2) is 52.1 Å². The molecule has 0 N–H and O–H groups in total. The van der Waals surface area contributed by atoms with Gasteiger partial charge < -0.3 is 18.6 Å². The van der Waals surface area contributed by atoms with Crippen LogP contribution in [0.15, 0.2) is 30.6 Å². The molecule has 1 saturated heterocycles. The van der Waals surface area contributed by atoms with Gasteiger partial charge in [-0.3, -0.25) is 4.79 Å². The number of hydrogen-bond acceptors (Lipinski definition) is 7. The smallest absolute Gasteiger partial charge is 0.258 e. The van der Waals surface area contributed by atoms with Gasteiger partial charge in [0.05, 0.1) is 31.5 Å². The second-order valence-electron chi connectivity index (χ2n) is 6.92. The minimum Gasteiger partial charge on any atom is -0.481 e. The van der Waals surface area contributed by atoms with Crippen molar-refractivity contribution in [2.24, 2.45) is 0 Å². The molecule has 8 heteroatoms. The molecule has 0 amide bonds. The fraction of sp³-hybridized carbons (Fsp3) is 0.429. The number of aromatic nitrogens is 4. The summed E-state index contributed by atoms with van der Waals surface area (Å²) < 4.78 is 18.2. The highest BCUT2D eigenvalue weighted by Gasteiger charge is 2.21. The molecule has 29 heavy (non-hydrogen) atoms. The number of ether oxygens (including phenoxy) is 3. The molecule has 4 heterocycles. The van der Waals surface area contributed by atoms with Crippen LogP contribution in [-0.2, 0) is 11.2 Å². The van der Waals surface area contributed by atoms with Crippen molar-refractivity contribution in [3.8, 4) is 11.8 Å². The fourth-order valence-corrected chi connectivity index (χ4v) is 3.49. The van der Waals surface area contributed by atoms with Crippen LogP contribution in [0.1, 0.15) is 47.6 Å². The summed E-state index contributed by atoms with van der Waals surface area (Å²) in [7, 11) is 1.52. The molecule has 1 aliphatic heterocycles. The first-order chi connectivity index (χ1) is 14.2. The van der Waals surface area contributed by atoms with E-state index in [1.807, 2.05) is 23.7 Å². The number of rotatable bonds is 7. The van der Waals surface area contributed by atoms with Crippen molar-refractivity contribution in [3.05, 3.63) is 47.7 Å². The SMILES string of the molecule is CCOc1nc(CC(=O)c2cccc(OC)n2)cn2cc(C3CCOCC3)nc12. The Hall–Kier alpha value is -3.00. The van der Waals surface area contributed by atoms with Crippen molar-refractivity contribution in [2.45, 2.75) is 32.1 Å². The monoisotopic (exact) mass is 396 g/mol. The normalized spacial score (nSPS) is 14.8. The molecule has 0 saturated carbocycles. The third-order valence-corrected chi connectivity index (χ3v) is 4.96. The van der Waals surface area contributed by atoms with Gasteiger partial charge in [-0.15, -0.1) is 0 Å². The van der Waals surface area contributed by atoms with Gasteiger partial charge in [-0.25, -0.2) is 15.0 Å². The van der Waals surface area contributed by atoms with Crippen molar-refractivity contribution >= 4 is 11.4 Å². The fourth-order valence-electron chi connectivity index (χ4n) is 3.49. The molecular weight excluding hydrogens is 372 g/mol. The predicted molar refractivity (Wildman–Crippen MR) is 106 cm³/mol. The van der Waals surface area contributed by atoms with E-state index < -0.39 is 0 Å². The number of hydrogen-bond donors (Lipinski definition) is 0. The van der Waals surface area contributed by atoms with Crippen molar-refractivity contribution < 1.29 is 19.0 Å². The lowest BCUT2D eigenvalue weighted by Crippen LogP contribution is -2.14. The quantitative estimate of drug-likeness (QED) is 0.568. The van der Waals surface area contributed by atoms with Gasteiger partial charge in [0.1, 0.15) is 5.69 Å². The number of methoxy groups -OCH3 is 1. The van der Waals surface area contributed by atoms with Crippen LogP contribution in [0.4, 0.5) is 0 Å². The van der Waals surface area contributed by atoms with E-state index in [0.717, 1.165) is 31.7 Å². The molecule has 0 aromatic carbocycles. The predicted octanol–water partition coefficient (Wildman–Crippen LogP) is 2.85. The maximum Gasteiger partial charge on any atom is 0.258 e. The Bertz CT molecular complexity index is 1010. The van der Waals surface area contributed by atoms with Crippen molar-refractivity contribution in [1.82, 2.24) is 19.4 Å². The zero-order chi connectivity index (χ0) is 20.2. The van der Waals surface area contributed by atoms with Crippen molar-refractivity contribution in [3.63, 3.8) is 0 Å². The minimum absolute atomic E-state index is 0.112. The number of pyridine rings is 1. The average Bonchev–Trinajstić information content (AvgIpc) is 3.19. The van der Waals surface area contributed by atoms with Gasteiger partial charge >= 0.3 is 0 Å². The van der Waals surface area contributed by atoms with E-state index in [-0.39, 0.29) is 12.2 Å². The maximum atomic E-state index is 12.7. The number of ketones is 1. The highest BCUT2D eigenvalue weighted by molar-refractivity contribution is 5.95. The number of fused-ring (bicyclic) bond motifs is 1. The van der Waals surface area contributed by atoms with Gasteiger partial charge in [0.25, 0.3) is 5.88 Å². The zero-order valence-corrected chi connectivity index (χ0v) is 16.6. The molecule has 3 aromatic rings. The Kier molecular flexibility index (Phi) is 5.71. The third kappa shape index (κ3) is 4.22. The van der Waals surface area contributed by atoms with Gasteiger partial charge in [-0.1, -0.05) is 6.07 Å². The largest absolute Gasteiger partial charge is 0.481 e. The van der Waals surface area contributed by atoms with Crippen LogP contribution >= 0.6 is 0 Å². The van der Waals surface area contributed by atoms with Crippen LogP contribution in [0.5, 0.6) is 11.8 Å². The topological polar surface area (TPSA) is 87.8 Å². The molecule has 0 aliphatic carbocycles. The molecule has 4 rings (SSSR count). The summed E-state index contributed by atoms with van der Waals surface area (Å²) in [6.07, 6.45) is 5.86. The first kappa shape index (κ1) is 19.3. The summed E-state index contributed by atoms with van der Waals surface area (Å²) in [6.45, 7) is 3.88. The van der Waals surface area contributed by atoms with Crippen LogP contribution in [0.3, 0.4) is 0 Å². The van der Waals surface area contributed by atoms with Crippen LogP contribution in [0.2, 0.25) is 0 Å². The molecule has 152 valence electrons. The van der Waals surface area contributed by atoms with Crippen molar-refractivity contribution in [2.75, 3.05) is 26.9 Å². The standard InChI is InChI=1S/C21H24N4O4/c1-3-29-21-20-24-17(14-7-9-28-10-8-14)13-25(20)12-15(22-21)11-18(26)16-5-4-6-19(23-16)27-2/h4-6,12-14H,3,7-11H2,1-2H3. The Balaban J connectivity index is 1.64. The number of carbonyl (C=O) groups excluding carboxylic acids is 1. The van der Waals surface area contributed by atoms with E-state index in [0.29, 0.717) is 41.3 Å². The summed E-state index contributed by atoms with van der Waals surface area (Å²) in [5, 5.41) is 0. The average molecular weight is 396 g/mol. The first-order valence-electron chi connectivity index (χ1n) is 9.81. The van der Waals surface area contributed by atoms with E-state index >= 15 is 0 Å². The number of Topliss-reactive ketones (excluding diaryl/α,β-unsaturated/α-hetero) is 1. The Morgan fingerprint density at radius 3 is 2.79 bits per heavy atom. The summed E-state index contributed by atoms with van der Waals surface area (Å²) >= 11 is 0. The maximum absolute atomic E-state index is 12.7. The molecular formula is C21H24N4O4. The van der Waals surface area contributed by atoms with E-state index in [1.165, 1.54) is 7.11 Å². The van der Waals surface area contributed by atoms with E-state index in [4.69, 9.17) is 19.2 Å². The van der Waals surface area contributed by atoms with Crippen LogP contribution < -0.4 is 9.47 Å². The second kappa shape index (κ2) is 8.57. The van der Waals surface area contributed by atoms with Crippen LogP contribution in [0.25, 0.3) is 5.65 Å². The Morgan fingerprint density at radius 1 is 1.21 bits per heavy atom. The zero-order valence-electron chi connectivity index (χ0n) is 16.6. The number of imidazole rings is 1. The van der Waals surface area contributed by atoms with E-state index in [9.17, 15) is 4.79 Å². The highest BCUT2D eigenvalue weighted by Crippen LogP contribution is 2.28. The van der Waals surface area contributed by atoms with E-state index in [1.54, 1.807) is 18.2 Å². The van der Waals surface area contributed by atoms with Crippen molar-refractivity contribution in [1.29, 1.82) is 0 Å². The molecule has 0 atom stereocenters. The molecule has 8 nitrogen and oxygen atoms in total. The highest BCUT2D eigenvalue weighted by atomic mass is 16.5. The van der Waals surface area contributed by atoms with E-state index in [2.05, 4.69) is 9.97 Å². The Labute approximate surface area is 168 Å². The minimum atomic E-state index is -0.136. The third-order valence-electron chi connectivity index (χ3n) is 4.96. The number of carbonyl (C=O) groups is 1. The molecule has 1 fully saturated rings. The molecule has 3 aromatic heterocycles. The molecule has 0 bridgehead atoms. The van der Waals surface area contributed by atoms with Gasteiger partial charge in [-0.05, 0) is 25.8 Å². The lowest BCUT2D eigenvalue weighted by molar-refractivity contribution is 0.0846. The molecule has 0 spiro atoms. The van der Waals surface area contributed by atoms with Crippen LogP contribution in [0, 0.1) is 0 Å². The summed E-state index contributed by atoms with van der Waals surface area (Å²) in [5.74, 6) is 1.08. The Morgan fingerprint density at radius 2 is 2.03 bits per heavy atom. The summed E-state index contributed by atoms with van der Waals surface area (Å²) in [4.78, 5) is 26.2. The lowest BCUT2D eigenvalue weighted by atomic mass is 9.97. The van der Waals surface area contributed by atoms with Gasteiger partial charge in [0.2, 0.25) is 11.5 Å². The lowest BCUT2D eigenvalue weighted by Gasteiger charge is -2.19. The summed E-state index contributed by atoms with van der Waals surface area (Å²) in [6, 6.07) is 5.13. The summed E-state index contributed by atoms with van der Waals surface area (Å²) in [5.41, 5.74) is 2.63. The molecule has 1 aliphatic rings. The number of nitrogens with zero attached hydrogens (tertiary/aromatic N) is 4. The molecule has 0 radical (unpaired) electrons. The second-order valence-corrected chi connectivity index (χ2v) is 6.92. The van der Waals surface area contributed by atoms with Gasteiger partial charge in [0, 0.05) is 37.6 Å². The van der Waals surface area contributed by atoms with Gasteiger partial charge in [0.15, 0.2) is 5.78 Å².